The summed E-state index contributed by atoms with van der Waals surface area (Å²) in [5.41, 5.74) is 8.69. The Balaban J connectivity index is 1.86. The van der Waals surface area contributed by atoms with Gasteiger partial charge in [-0.25, -0.2) is 4.79 Å². The summed E-state index contributed by atoms with van der Waals surface area (Å²) in [5, 5.41) is 1.68. The van der Waals surface area contributed by atoms with Crippen molar-refractivity contribution in [3.05, 3.63) is 65.2 Å². The molecule has 0 aliphatic heterocycles. The van der Waals surface area contributed by atoms with Gasteiger partial charge in [-0.15, -0.1) is 11.8 Å². The Morgan fingerprint density at radius 2 is 1.78 bits per heavy atom. The highest BCUT2D eigenvalue weighted by atomic mass is 32.2. The maximum Gasteiger partial charge on any atom is 0.318 e. The number of carbonyl (C=O) groups is 2. The zero-order valence-electron chi connectivity index (χ0n) is 12.6. The van der Waals surface area contributed by atoms with Crippen LogP contribution in [-0.2, 0) is 17.6 Å². The lowest BCUT2D eigenvalue weighted by atomic mass is 10.1. The zero-order valence-corrected chi connectivity index (χ0v) is 13.4. The zero-order chi connectivity index (χ0) is 16.2. The van der Waals surface area contributed by atoms with Crippen LogP contribution in [0.1, 0.15) is 28.4 Å². The first-order chi connectivity index (χ1) is 11.1. The van der Waals surface area contributed by atoms with E-state index in [0.717, 1.165) is 23.3 Å². The van der Waals surface area contributed by atoms with E-state index in [1.165, 1.54) is 29.3 Å². The van der Waals surface area contributed by atoms with Crippen molar-refractivity contribution in [1.82, 2.24) is 5.32 Å². The molecule has 0 saturated carbocycles. The Hall–Kier alpha value is -2.27. The molecule has 2 aromatic carbocycles. The molecule has 23 heavy (non-hydrogen) atoms. The van der Waals surface area contributed by atoms with E-state index >= 15 is 0 Å². The van der Waals surface area contributed by atoms with E-state index in [0.29, 0.717) is 0 Å². The number of primary amides is 1. The molecule has 3 rings (SSSR count). The minimum Gasteiger partial charge on any atom is -0.351 e. The second-order valence-electron chi connectivity index (χ2n) is 5.55. The van der Waals surface area contributed by atoms with Crippen molar-refractivity contribution < 1.29 is 9.59 Å². The van der Waals surface area contributed by atoms with Gasteiger partial charge < -0.3 is 5.73 Å². The van der Waals surface area contributed by atoms with Crippen LogP contribution in [0.5, 0.6) is 0 Å². The van der Waals surface area contributed by atoms with Crippen molar-refractivity contribution in [3.8, 4) is 0 Å². The van der Waals surface area contributed by atoms with E-state index in [4.69, 9.17) is 5.73 Å². The van der Waals surface area contributed by atoms with E-state index in [1.807, 2.05) is 36.4 Å². The van der Waals surface area contributed by atoms with Gasteiger partial charge in [-0.05, 0) is 48.1 Å². The Bertz CT molecular complexity index is 731. The number of aryl methyl sites for hydroxylation is 2. The standard InChI is InChI=1S/C18H18N2O2S/c19-18(22)20-17(21)16(13-5-2-1-3-6-13)23-15-10-9-12-7-4-8-14(12)11-15/h1-3,5-6,9-11,16H,4,7-8H2,(H3,19,20,21,22). The third-order valence-corrected chi connectivity index (χ3v) is 5.16. The lowest BCUT2D eigenvalue weighted by Gasteiger charge is -2.16. The van der Waals surface area contributed by atoms with E-state index in [1.54, 1.807) is 0 Å². The molecule has 4 nitrogen and oxygen atoms in total. The number of nitrogens with one attached hydrogen (secondary N) is 1. The summed E-state index contributed by atoms with van der Waals surface area (Å²) in [6.45, 7) is 0. The predicted molar refractivity (Wildman–Crippen MR) is 91.2 cm³/mol. The van der Waals surface area contributed by atoms with Gasteiger partial charge in [0.1, 0.15) is 5.25 Å². The Kier molecular flexibility index (Phi) is 4.67. The third kappa shape index (κ3) is 3.74. The van der Waals surface area contributed by atoms with Crippen molar-refractivity contribution in [1.29, 1.82) is 0 Å². The monoisotopic (exact) mass is 326 g/mol. The van der Waals surface area contributed by atoms with Crippen LogP contribution >= 0.6 is 11.8 Å². The number of thioether (sulfide) groups is 1. The van der Waals surface area contributed by atoms with Gasteiger partial charge in [0, 0.05) is 4.90 Å². The summed E-state index contributed by atoms with van der Waals surface area (Å²) in [6.07, 6.45) is 3.41. The molecule has 1 atom stereocenters. The SMILES string of the molecule is NC(=O)NC(=O)C(Sc1ccc2c(c1)CCC2)c1ccccc1. The van der Waals surface area contributed by atoms with Crippen molar-refractivity contribution in [2.75, 3.05) is 0 Å². The summed E-state index contributed by atoms with van der Waals surface area (Å²) < 4.78 is 0. The van der Waals surface area contributed by atoms with E-state index in [2.05, 4.69) is 17.4 Å². The summed E-state index contributed by atoms with van der Waals surface area (Å²) >= 11 is 1.44. The Labute approximate surface area is 139 Å². The normalized spacial score (nSPS) is 14.1. The molecular weight excluding hydrogens is 308 g/mol. The first-order valence-corrected chi connectivity index (χ1v) is 8.45. The van der Waals surface area contributed by atoms with Crippen molar-refractivity contribution in [3.63, 3.8) is 0 Å². The molecule has 0 radical (unpaired) electrons. The van der Waals surface area contributed by atoms with Gasteiger partial charge in [0.05, 0.1) is 0 Å². The summed E-state index contributed by atoms with van der Waals surface area (Å²) in [7, 11) is 0. The lowest BCUT2D eigenvalue weighted by Crippen LogP contribution is -2.37. The van der Waals surface area contributed by atoms with E-state index in [-0.39, 0.29) is 0 Å². The molecular formula is C18H18N2O2S. The van der Waals surface area contributed by atoms with Crippen LogP contribution < -0.4 is 11.1 Å². The fourth-order valence-electron chi connectivity index (χ4n) is 2.85. The molecule has 0 heterocycles. The number of nitrogens with two attached hydrogens (primary N) is 1. The highest BCUT2D eigenvalue weighted by Crippen LogP contribution is 2.37. The minimum absolute atomic E-state index is 0.394. The average molecular weight is 326 g/mol. The number of fused-ring (bicyclic) bond motifs is 1. The molecule has 118 valence electrons. The number of hydrogen-bond donors (Lipinski definition) is 2. The maximum absolute atomic E-state index is 12.4. The van der Waals surface area contributed by atoms with E-state index in [9.17, 15) is 9.59 Å². The molecule has 0 bridgehead atoms. The number of carbonyl (C=O) groups excluding carboxylic acids is 2. The molecule has 0 fully saturated rings. The predicted octanol–water partition coefficient (Wildman–Crippen LogP) is 3.20. The van der Waals surface area contributed by atoms with Gasteiger partial charge in [0.25, 0.3) is 0 Å². The molecule has 0 saturated heterocycles. The van der Waals surface area contributed by atoms with Gasteiger partial charge >= 0.3 is 6.03 Å². The van der Waals surface area contributed by atoms with Crippen LogP contribution in [0, 0.1) is 0 Å². The molecule has 0 spiro atoms. The largest absolute Gasteiger partial charge is 0.351 e. The van der Waals surface area contributed by atoms with Gasteiger partial charge in [-0.1, -0.05) is 36.4 Å². The highest BCUT2D eigenvalue weighted by molar-refractivity contribution is 8.00. The van der Waals surface area contributed by atoms with Crippen LogP contribution in [0.4, 0.5) is 4.79 Å². The van der Waals surface area contributed by atoms with Gasteiger partial charge in [-0.2, -0.15) is 0 Å². The first-order valence-electron chi connectivity index (χ1n) is 7.57. The molecule has 3 N–H and O–H groups in total. The van der Waals surface area contributed by atoms with Crippen molar-refractivity contribution >= 4 is 23.7 Å². The summed E-state index contributed by atoms with van der Waals surface area (Å²) in [6, 6.07) is 14.9. The number of rotatable bonds is 4. The van der Waals surface area contributed by atoms with Crippen LogP contribution in [0.25, 0.3) is 0 Å². The third-order valence-electron chi connectivity index (χ3n) is 3.91. The molecule has 1 unspecified atom stereocenters. The number of urea groups is 1. The average Bonchev–Trinajstić information content (AvgIpc) is 3.00. The van der Waals surface area contributed by atoms with Crippen molar-refractivity contribution in [2.24, 2.45) is 5.73 Å². The summed E-state index contributed by atoms with van der Waals surface area (Å²) in [4.78, 5) is 24.4. The molecule has 2 aromatic rings. The summed E-state index contributed by atoms with van der Waals surface area (Å²) in [5.74, 6) is -0.394. The molecule has 5 heteroatoms. The first kappa shape index (κ1) is 15.6. The van der Waals surface area contributed by atoms with E-state index < -0.39 is 17.2 Å². The topological polar surface area (TPSA) is 72.2 Å². The second-order valence-corrected chi connectivity index (χ2v) is 6.72. The molecule has 1 aliphatic carbocycles. The smallest absolute Gasteiger partial charge is 0.318 e. The number of amides is 3. The Morgan fingerprint density at radius 1 is 1.04 bits per heavy atom. The van der Waals surface area contributed by atoms with Crippen LogP contribution in [-0.4, -0.2) is 11.9 Å². The highest BCUT2D eigenvalue weighted by Gasteiger charge is 2.23. The quantitative estimate of drug-likeness (QED) is 0.848. The van der Waals surface area contributed by atoms with Gasteiger partial charge in [-0.3, -0.25) is 10.1 Å². The molecule has 1 aliphatic rings. The van der Waals surface area contributed by atoms with Crippen LogP contribution in [0.3, 0.4) is 0 Å². The molecule has 0 aromatic heterocycles. The number of benzene rings is 2. The van der Waals surface area contributed by atoms with Gasteiger partial charge in [0.2, 0.25) is 5.91 Å². The number of imide groups is 1. The lowest BCUT2D eigenvalue weighted by molar-refractivity contribution is -0.119. The van der Waals surface area contributed by atoms with Crippen LogP contribution in [0.2, 0.25) is 0 Å². The fourth-order valence-corrected chi connectivity index (χ4v) is 3.93. The Morgan fingerprint density at radius 3 is 2.52 bits per heavy atom. The second kappa shape index (κ2) is 6.87. The maximum atomic E-state index is 12.4. The van der Waals surface area contributed by atoms with Crippen molar-refractivity contribution in [2.45, 2.75) is 29.4 Å². The van der Waals surface area contributed by atoms with Crippen LogP contribution in [0.15, 0.2) is 53.4 Å². The number of hydrogen-bond acceptors (Lipinski definition) is 3. The molecule has 3 amide bonds. The fraction of sp³-hybridized carbons (Fsp3) is 0.222. The van der Waals surface area contributed by atoms with Gasteiger partial charge in [0.15, 0.2) is 0 Å². The minimum atomic E-state index is -0.828.